The van der Waals surface area contributed by atoms with Crippen molar-refractivity contribution in [3.05, 3.63) is 65.3 Å². The van der Waals surface area contributed by atoms with E-state index in [1.165, 1.54) is 11.3 Å². The molecule has 0 bridgehead atoms. The van der Waals surface area contributed by atoms with E-state index < -0.39 is 0 Å². The summed E-state index contributed by atoms with van der Waals surface area (Å²) in [7, 11) is 0. The molecule has 0 unspecified atom stereocenters. The number of ether oxygens (including phenoxy) is 1. The van der Waals surface area contributed by atoms with Crippen LogP contribution in [0.4, 0.5) is 10.9 Å². The van der Waals surface area contributed by atoms with Crippen molar-refractivity contribution in [1.82, 2.24) is 9.97 Å². The van der Waals surface area contributed by atoms with E-state index in [4.69, 9.17) is 4.74 Å². The summed E-state index contributed by atoms with van der Waals surface area (Å²) in [6.45, 7) is 1.84. The summed E-state index contributed by atoms with van der Waals surface area (Å²) >= 11 is 1.50. The molecule has 8 heteroatoms. The van der Waals surface area contributed by atoms with Gasteiger partial charge in [-0.2, -0.15) is 5.10 Å². The molecule has 3 aromatic rings. The molecule has 0 aliphatic carbocycles. The van der Waals surface area contributed by atoms with Gasteiger partial charge in [0.1, 0.15) is 11.6 Å². The maximum Gasteiger partial charge on any atom is 0.263 e. The van der Waals surface area contributed by atoms with Gasteiger partial charge >= 0.3 is 0 Å². The number of aromatic nitrogens is 2. The fourth-order valence-corrected chi connectivity index (χ4v) is 2.62. The first-order valence-electron chi connectivity index (χ1n) is 7.84. The van der Waals surface area contributed by atoms with Gasteiger partial charge in [0.25, 0.3) is 5.91 Å². The number of anilines is 2. The van der Waals surface area contributed by atoms with Crippen molar-refractivity contribution in [2.75, 3.05) is 17.3 Å². The van der Waals surface area contributed by atoms with E-state index in [9.17, 15) is 4.79 Å². The Kier molecular flexibility index (Phi) is 5.89. The summed E-state index contributed by atoms with van der Waals surface area (Å²) in [5.41, 5.74) is 4.74. The molecular weight excluding hydrogens is 350 g/mol. The molecule has 2 aromatic heterocycles. The zero-order valence-corrected chi connectivity index (χ0v) is 14.9. The molecule has 0 saturated carbocycles. The molecule has 0 saturated heterocycles. The number of aryl methyl sites for hydroxylation is 1. The van der Waals surface area contributed by atoms with Gasteiger partial charge in [-0.25, -0.2) is 9.97 Å². The molecule has 0 spiro atoms. The Morgan fingerprint density at radius 2 is 2.12 bits per heavy atom. The Morgan fingerprint density at radius 3 is 2.81 bits per heavy atom. The molecule has 3 rings (SSSR count). The van der Waals surface area contributed by atoms with Gasteiger partial charge in [0.15, 0.2) is 6.61 Å². The van der Waals surface area contributed by atoms with Crippen LogP contribution in [0.25, 0.3) is 0 Å². The average molecular weight is 367 g/mol. The summed E-state index contributed by atoms with van der Waals surface area (Å²) in [5, 5.41) is 9.50. The highest BCUT2D eigenvalue weighted by atomic mass is 32.1. The third-order valence-corrected chi connectivity index (χ3v) is 4.04. The van der Waals surface area contributed by atoms with Crippen molar-refractivity contribution in [3.63, 3.8) is 0 Å². The summed E-state index contributed by atoms with van der Waals surface area (Å²) in [6.07, 6.45) is 3.30. The molecule has 26 heavy (non-hydrogen) atoms. The minimum absolute atomic E-state index is 0.0883. The van der Waals surface area contributed by atoms with Crippen LogP contribution in [0, 0.1) is 6.92 Å². The van der Waals surface area contributed by atoms with E-state index in [1.807, 2.05) is 24.4 Å². The molecule has 0 aliphatic heterocycles. The van der Waals surface area contributed by atoms with Gasteiger partial charge in [-0.15, -0.1) is 11.3 Å². The summed E-state index contributed by atoms with van der Waals surface area (Å²) in [6, 6.07) is 12.6. The van der Waals surface area contributed by atoms with E-state index in [1.54, 1.807) is 42.7 Å². The molecule has 2 N–H and O–H groups in total. The number of carbonyl (C=O) groups excluding carboxylic acids is 1. The van der Waals surface area contributed by atoms with Crippen LogP contribution in [0.5, 0.6) is 5.75 Å². The largest absolute Gasteiger partial charge is 0.484 e. The van der Waals surface area contributed by atoms with Crippen LogP contribution in [-0.2, 0) is 4.79 Å². The number of rotatable bonds is 7. The number of carbonyl (C=O) groups is 1. The van der Waals surface area contributed by atoms with Crippen LogP contribution < -0.4 is 15.5 Å². The van der Waals surface area contributed by atoms with Crippen LogP contribution in [0.1, 0.15) is 11.3 Å². The monoisotopic (exact) mass is 367 g/mol. The number of thiazole rings is 1. The first kappa shape index (κ1) is 17.6. The number of amides is 1. The highest BCUT2D eigenvalue weighted by Gasteiger charge is 2.04. The lowest BCUT2D eigenvalue weighted by molar-refractivity contribution is -0.118. The van der Waals surface area contributed by atoms with Crippen molar-refractivity contribution < 1.29 is 9.53 Å². The molecule has 1 amide bonds. The van der Waals surface area contributed by atoms with Crippen LogP contribution in [0.2, 0.25) is 0 Å². The minimum Gasteiger partial charge on any atom is -0.484 e. The highest BCUT2D eigenvalue weighted by molar-refractivity contribution is 7.13. The van der Waals surface area contributed by atoms with Crippen LogP contribution in [0.15, 0.2) is 59.1 Å². The maximum absolute atomic E-state index is 11.8. The number of hydrazone groups is 1. The van der Waals surface area contributed by atoms with E-state index in [2.05, 4.69) is 25.8 Å². The number of hydrogen-bond acceptors (Lipinski definition) is 7. The Balaban J connectivity index is 1.46. The van der Waals surface area contributed by atoms with Crippen LogP contribution >= 0.6 is 11.3 Å². The van der Waals surface area contributed by atoms with E-state index in [-0.39, 0.29) is 12.5 Å². The predicted octanol–water partition coefficient (Wildman–Crippen LogP) is 3.31. The van der Waals surface area contributed by atoms with Crippen LogP contribution in [-0.4, -0.2) is 28.7 Å². The number of benzene rings is 1. The van der Waals surface area contributed by atoms with Gasteiger partial charge in [0, 0.05) is 11.6 Å². The second-order valence-corrected chi connectivity index (χ2v) is 6.14. The van der Waals surface area contributed by atoms with Crippen molar-refractivity contribution >= 4 is 34.4 Å². The first-order valence-corrected chi connectivity index (χ1v) is 8.72. The van der Waals surface area contributed by atoms with Gasteiger partial charge < -0.3 is 10.1 Å². The van der Waals surface area contributed by atoms with Gasteiger partial charge in [-0.1, -0.05) is 6.07 Å². The highest BCUT2D eigenvalue weighted by Crippen LogP contribution is 2.14. The average Bonchev–Trinajstić information content (AvgIpc) is 3.07. The molecule has 1 aromatic carbocycles. The second-order valence-electron chi connectivity index (χ2n) is 5.28. The topological polar surface area (TPSA) is 88.5 Å². The lowest BCUT2D eigenvalue weighted by atomic mass is 10.2. The minimum atomic E-state index is -0.266. The summed E-state index contributed by atoms with van der Waals surface area (Å²) in [5.74, 6) is 0.828. The van der Waals surface area contributed by atoms with Gasteiger partial charge in [-0.3, -0.25) is 10.2 Å². The molecule has 0 fully saturated rings. The standard InChI is InChI=1S/C18H17N5O2S/c1-13-12-26-18(21-13)23-20-10-14-5-7-15(8-6-14)25-11-17(24)22-16-4-2-3-9-19-16/h2-10,12H,11H2,1H3,(H,21,23)(H,19,22,24). The summed E-state index contributed by atoms with van der Waals surface area (Å²) in [4.78, 5) is 20.1. The fourth-order valence-electron chi connectivity index (χ4n) is 1.98. The van der Waals surface area contributed by atoms with Gasteiger partial charge in [0.05, 0.1) is 11.9 Å². The fraction of sp³-hybridized carbons (Fsp3) is 0.111. The number of nitrogens with zero attached hydrogens (tertiary/aromatic N) is 3. The zero-order valence-electron chi connectivity index (χ0n) is 14.0. The van der Waals surface area contributed by atoms with Crippen LogP contribution in [0.3, 0.4) is 0 Å². The lowest BCUT2D eigenvalue weighted by Gasteiger charge is -2.07. The molecular formula is C18H17N5O2S. The molecule has 132 valence electrons. The lowest BCUT2D eigenvalue weighted by Crippen LogP contribution is -2.20. The van der Waals surface area contributed by atoms with E-state index >= 15 is 0 Å². The first-order chi connectivity index (χ1) is 12.7. The third kappa shape index (κ3) is 5.38. The molecule has 2 heterocycles. The molecule has 7 nitrogen and oxygen atoms in total. The summed E-state index contributed by atoms with van der Waals surface area (Å²) < 4.78 is 5.46. The second kappa shape index (κ2) is 8.72. The third-order valence-electron chi connectivity index (χ3n) is 3.18. The smallest absolute Gasteiger partial charge is 0.263 e. The number of nitrogens with one attached hydrogen (secondary N) is 2. The Hall–Kier alpha value is -3.26. The van der Waals surface area contributed by atoms with E-state index in [0.29, 0.717) is 11.6 Å². The Labute approximate surface area is 154 Å². The number of hydrogen-bond donors (Lipinski definition) is 2. The van der Waals surface area contributed by atoms with Gasteiger partial charge in [-0.05, 0) is 48.9 Å². The Morgan fingerprint density at radius 1 is 1.27 bits per heavy atom. The Bertz CT molecular complexity index is 878. The predicted molar refractivity (Wildman–Crippen MR) is 103 cm³/mol. The number of pyridine rings is 1. The van der Waals surface area contributed by atoms with E-state index in [0.717, 1.165) is 16.4 Å². The molecule has 0 aliphatic rings. The van der Waals surface area contributed by atoms with Crippen molar-refractivity contribution in [1.29, 1.82) is 0 Å². The zero-order chi connectivity index (χ0) is 18.2. The van der Waals surface area contributed by atoms with Crippen molar-refractivity contribution in [3.8, 4) is 5.75 Å². The normalized spacial score (nSPS) is 10.7. The maximum atomic E-state index is 11.8. The quantitative estimate of drug-likeness (QED) is 0.494. The molecule has 0 radical (unpaired) electrons. The SMILES string of the molecule is Cc1csc(NN=Cc2ccc(OCC(=O)Nc3ccccn3)cc2)n1. The van der Waals surface area contributed by atoms with Crippen molar-refractivity contribution in [2.45, 2.75) is 6.92 Å². The molecule has 0 atom stereocenters. The van der Waals surface area contributed by atoms with Crippen molar-refractivity contribution in [2.24, 2.45) is 5.10 Å². The van der Waals surface area contributed by atoms with Gasteiger partial charge in [0.2, 0.25) is 5.13 Å².